The normalized spacial score (nSPS) is 11.6. The first kappa shape index (κ1) is 20.8. The predicted octanol–water partition coefficient (Wildman–Crippen LogP) is 4.98. The number of nitrogens with one attached hydrogen (secondary N) is 1. The maximum atomic E-state index is 12.9. The molecule has 0 bridgehead atoms. The van der Waals surface area contributed by atoms with Crippen LogP contribution in [-0.4, -0.2) is 18.7 Å². The van der Waals surface area contributed by atoms with Crippen molar-refractivity contribution in [2.75, 3.05) is 6.61 Å². The number of rotatable bonds is 7. The zero-order valence-corrected chi connectivity index (χ0v) is 15.3. The average molecular weight is 399 g/mol. The maximum Gasteiger partial charge on any atom is 0.417 e. The number of halogens is 4. The predicted molar refractivity (Wildman–Crippen MR) is 98.1 cm³/mol. The molecule has 0 unspecified atom stereocenters. The first-order valence-corrected chi connectivity index (χ1v) is 8.52. The van der Waals surface area contributed by atoms with E-state index in [0.29, 0.717) is 23.8 Å². The summed E-state index contributed by atoms with van der Waals surface area (Å²) in [5, 5.41) is 4.21. The van der Waals surface area contributed by atoms with Crippen LogP contribution >= 0.6 is 11.6 Å². The monoisotopic (exact) mass is 398 g/mol. The molecule has 1 N–H and O–H groups in total. The lowest BCUT2D eigenvalue weighted by Gasteiger charge is -2.09. The van der Waals surface area contributed by atoms with Crippen molar-refractivity contribution in [3.05, 3.63) is 64.2 Å². The Kier molecular flexibility index (Phi) is 7.24. The third-order valence-corrected chi connectivity index (χ3v) is 3.84. The fourth-order valence-corrected chi connectivity index (χ4v) is 2.51. The minimum atomic E-state index is -4.48. The van der Waals surface area contributed by atoms with Gasteiger partial charge in [-0.1, -0.05) is 29.8 Å². The molecule has 0 aliphatic heterocycles. The Balaban J connectivity index is 1.77. The summed E-state index contributed by atoms with van der Waals surface area (Å²) in [4.78, 5) is 11.7. The third-order valence-electron chi connectivity index (χ3n) is 3.60. The van der Waals surface area contributed by atoms with Crippen LogP contribution in [-0.2, 0) is 11.0 Å². The number of amides is 1. The lowest BCUT2D eigenvalue weighted by Crippen LogP contribution is -2.18. The number of ether oxygens (including phenoxy) is 1. The van der Waals surface area contributed by atoms with Crippen molar-refractivity contribution in [2.24, 2.45) is 5.10 Å². The highest BCUT2D eigenvalue weighted by Gasteiger charge is 2.32. The quantitative estimate of drug-likeness (QED) is 0.406. The van der Waals surface area contributed by atoms with Crippen molar-refractivity contribution in [3.8, 4) is 5.75 Å². The number of carbonyl (C=O) groups is 1. The molecule has 0 saturated carbocycles. The molecule has 2 aromatic carbocycles. The summed E-state index contributed by atoms with van der Waals surface area (Å²) in [7, 11) is 0. The molecule has 0 heterocycles. The second-order valence-corrected chi connectivity index (χ2v) is 6.18. The second kappa shape index (κ2) is 9.41. The summed E-state index contributed by atoms with van der Waals surface area (Å²) in [6.45, 7) is 2.18. The summed E-state index contributed by atoms with van der Waals surface area (Å²) < 4.78 is 44.1. The van der Waals surface area contributed by atoms with Crippen molar-refractivity contribution in [1.82, 2.24) is 5.43 Å². The average Bonchev–Trinajstić information content (AvgIpc) is 2.60. The molecule has 1 amide bonds. The van der Waals surface area contributed by atoms with Crippen LogP contribution in [0.1, 0.15) is 29.5 Å². The summed E-state index contributed by atoms with van der Waals surface area (Å²) >= 11 is 5.86. The topological polar surface area (TPSA) is 50.7 Å². The molecule has 0 radical (unpaired) electrons. The number of aryl methyl sites for hydroxylation is 1. The molecular weight excluding hydrogens is 381 g/mol. The Morgan fingerprint density at radius 1 is 1.26 bits per heavy atom. The fraction of sp³-hybridized carbons (Fsp3) is 0.263. The Labute approximate surface area is 160 Å². The van der Waals surface area contributed by atoms with Crippen LogP contribution in [0.4, 0.5) is 13.2 Å². The van der Waals surface area contributed by atoms with E-state index in [9.17, 15) is 18.0 Å². The van der Waals surface area contributed by atoms with Crippen molar-refractivity contribution in [2.45, 2.75) is 25.9 Å². The minimum absolute atomic E-state index is 0.119. The van der Waals surface area contributed by atoms with Gasteiger partial charge in [-0.25, -0.2) is 5.43 Å². The first-order valence-electron chi connectivity index (χ1n) is 8.14. The molecule has 2 aromatic rings. The number of nitrogens with zero attached hydrogens (tertiary/aromatic N) is 1. The largest absolute Gasteiger partial charge is 0.493 e. The molecule has 0 fully saturated rings. The van der Waals surface area contributed by atoms with Crippen LogP contribution < -0.4 is 10.2 Å². The molecule has 8 heteroatoms. The Hall–Kier alpha value is -2.54. The van der Waals surface area contributed by atoms with Gasteiger partial charge in [-0.15, -0.1) is 0 Å². The second-order valence-electron chi connectivity index (χ2n) is 5.74. The first-order chi connectivity index (χ1) is 12.8. The molecule has 2 rings (SSSR count). The zero-order valence-electron chi connectivity index (χ0n) is 14.5. The number of hydrogen-bond donors (Lipinski definition) is 1. The van der Waals surface area contributed by atoms with Gasteiger partial charge in [0.15, 0.2) is 0 Å². The van der Waals surface area contributed by atoms with Crippen LogP contribution in [0, 0.1) is 6.92 Å². The van der Waals surface area contributed by atoms with Crippen LogP contribution in [0.3, 0.4) is 0 Å². The van der Waals surface area contributed by atoms with Gasteiger partial charge < -0.3 is 4.74 Å². The zero-order chi connectivity index (χ0) is 19.9. The Bertz CT molecular complexity index is 823. The van der Waals surface area contributed by atoms with E-state index in [2.05, 4.69) is 10.5 Å². The maximum absolute atomic E-state index is 12.9. The molecule has 4 nitrogen and oxygen atoms in total. The van der Waals surface area contributed by atoms with Gasteiger partial charge >= 0.3 is 6.18 Å². The summed E-state index contributed by atoms with van der Waals surface area (Å²) in [5.74, 6) is 0.272. The van der Waals surface area contributed by atoms with Gasteiger partial charge in [0.1, 0.15) is 5.75 Å². The molecule has 0 aliphatic rings. The van der Waals surface area contributed by atoms with Gasteiger partial charge in [-0.3, -0.25) is 4.79 Å². The number of benzene rings is 2. The molecular formula is C19H18ClF3N2O2. The van der Waals surface area contributed by atoms with Gasteiger partial charge in [-0.2, -0.15) is 18.3 Å². The van der Waals surface area contributed by atoms with Gasteiger partial charge in [0, 0.05) is 17.0 Å². The lowest BCUT2D eigenvalue weighted by atomic mass is 10.1. The summed E-state index contributed by atoms with van der Waals surface area (Å²) in [5.41, 5.74) is 2.18. The highest BCUT2D eigenvalue weighted by Crippen LogP contribution is 2.31. The number of hydrogen-bond acceptors (Lipinski definition) is 3. The van der Waals surface area contributed by atoms with E-state index in [1.807, 2.05) is 6.92 Å². The van der Waals surface area contributed by atoms with Gasteiger partial charge in [-0.05, 0) is 43.2 Å². The van der Waals surface area contributed by atoms with Gasteiger partial charge in [0.25, 0.3) is 0 Å². The number of alkyl halides is 3. The third kappa shape index (κ3) is 6.60. The van der Waals surface area contributed by atoms with Crippen molar-refractivity contribution >= 4 is 23.7 Å². The van der Waals surface area contributed by atoms with Crippen LogP contribution in [0.2, 0.25) is 5.02 Å². The van der Waals surface area contributed by atoms with E-state index >= 15 is 0 Å². The Morgan fingerprint density at radius 2 is 2.00 bits per heavy atom. The van der Waals surface area contributed by atoms with Gasteiger partial charge in [0.05, 0.1) is 18.4 Å². The van der Waals surface area contributed by atoms with E-state index in [0.717, 1.165) is 17.8 Å². The number of hydrazone groups is 1. The minimum Gasteiger partial charge on any atom is -0.493 e. The van der Waals surface area contributed by atoms with Crippen molar-refractivity contribution < 1.29 is 22.7 Å². The van der Waals surface area contributed by atoms with Crippen LogP contribution in [0.25, 0.3) is 0 Å². The highest BCUT2D eigenvalue weighted by molar-refractivity contribution is 6.30. The number of carbonyl (C=O) groups excluding carboxylic acids is 1. The molecule has 0 aliphatic carbocycles. The van der Waals surface area contributed by atoms with E-state index < -0.39 is 17.6 Å². The van der Waals surface area contributed by atoms with Crippen molar-refractivity contribution in [3.63, 3.8) is 0 Å². The van der Waals surface area contributed by atoms with E-state index in [-0.39, 0.29) is 12.0 Å². The standard InChI is InChI=1S/C19H18ClF3N2O2/c1-13-11-15(20)8-9-17(13)27-10-4-7-18(26)25-24-12-14-5-2-3-6-16(14)19(21,22)23/h2-3,5-6,8-9,11-12H,4,7,10H2,1H3,(H,25,26)/b24-12-. The fourth-order valence-electron chi connectivity index (χ4n) is 2.29. The lowest BCUT2D eigenvalue weighted by molar-refractivity contribution is -0.137. The molecule has 0 aromatic heterocycles. The van der Waals surface area contributed by atoms with E-state index in [1.165, 1.54) is 18.2 Å². The van der Waals surface area contributed by atoms with Gasteiger partial charge in [0.2, 0.25) is 5.91 Å². The SMILES string of the molecule is Cc1cc(Cl)ccc1OCCCC(=O)N/N=C\c1ccccc1C(F)(F)F. The highest BCUT2D eigenvalue weighted by atomic mass is 35.5. The molecule has 0 atom stereocenters. The molecule has 0 saturated heterocycles. The van der Waals surface area contributed by atoms with E-state index in [4.69, 9.17) is 16.3 Å². The molecule has 0 spiro atoms. The Morgan fingerprint density at radius 3 is 2.70 bits per heavy atom. The summed E-state index contributed by atoms with van der Waals surface area (Å²) in [6.07, 6.45) is -2.94. The van der Waals surface area contributed by atoms with Crippen LogP contribution in [0.15, 0.2) is 47.6 Å². The van der Waals surface area contributed by atoms with E-state index in [1.54, 1.807) is 18.2 Å². The smallest absolute Gasteiger partial charge is 0.417 e. The van der Waals surface area contributed by atoms with Crippen LogP contribution in [0.5, 0.6) is 5.75 Å². The molecule has 144 valence electrons. The molecule has 27 heavy (non-hydrogen) atoms. The summed E-state index contributed by atoms with van der Waals surface area (Å²) in [6, 6.07) is 10.2. The van der Waals surface area contributed by atoms with Crippen molar-refractivity contribution in [1.29, 1.82) is 0 Å².